The number of aromatic nitrogens is 1. The van der Waals surface area contributed by atoms with Gasteiger partial charge in [0.05, 0.1) is 11.1 Å². The Morgan fingerprint density at radius 3 is 2.65 bits per heavy atom. The summed E-state index contributed by atoms with van der Waals surface area (Å²) in [6.07, 6.45) is 3.35. The van der Waals surface area contributed by atoms with E-state index in [4.69, 9.17) is 0 Å². The summed E-state index contributed by atoms with van der Waals surface area (Å²) in [5.41, 5.74) is 3.80. The van der Waals surface area contributed by atoms with E-state index in [1.54, 1.807) is 0 Å². The molecule has 1 aromatic heterocycles. The van der Waals surface area contributed by atoms with E-state index in [-0.39, 0.29) is 5.91 Å². The third-order valence-electron chi connectivity index (χ3n) is 4.52. The maximum Gasteiger partial charge on any atom is 0.254 e. The average molecular weight is 310 g/mol. The van der Waals surface area contributed by atoms with Gasteiger partial charge in [-0.05, 0) is 57.2 Å². The number of hydrogen-bond donors (Lipinski definition) is 0. The lowest BCUT2D eigenvalue weighted by molar-refractivity contribution is 0.0737. The number of rotatable bonds is 5. The van der Waals surface area contributed by atoms with Gasteiger partial charge in [0.25, 0.3) is 5.91 Å². The summed E-state index contributed by atoms with van der Waals surface area (Å²) in [6.45, 7) is 9.31. The van der Waals surface area contributed by atoms with Crippen LogP contribution in [0.5, 0.6) is 0 Å². The van der Waals surface area contributed by atoms with E-state index in [9.17, 15) is 4.79 Å². The molecule has 3 nitrogen and oxygen atoms in total. The van der Waals surface area contributed by atoms with Crippen molar-refractivity contribution in [1.29, 1.82) is 0 Å². The number of fused-ring (bicyclic) bond motifs is 1. The fourth-order valence-corrected chi connectivity index (χ4v) is 3.04. The Labute approximate surface area is 138 Å². The minimum atomic E-state index is 0.175. The first-order valence-electron chi connectivity index (χ1n) is 8.64. The van der Waals surface area contributed by atoms with Gasteiger partial charge < -0.3 is 4.90 Å². The van der Waals surface area contributed by atoms with Crippen LogP contribution in [0.3, 0.4) is 0 Å². The van der Waals surface area contributed by atoms with Crippen LogP contribution in [0.4, 0.5) is 0 Å². The summed E-state index contributed by atoms with van der Waals surface area (Å²) in [5.74, 6) is 0.788. The van der Waals surface area contributed by atoms with Gasteiger partial charge in [-0.25, -0.2) is 0 Å². The molecule has 0 saturated heterocycles. The Bertz CT molecular complexity index is 732. The van der Waals surface area contributed by atoms with Gasteiger partial charge in [-0.3, -0.25) is 9.78 Å². The standard InChI is InChI=1S/C20H26N2O/c1-13(2)9-10-22(16-6-7-16)20(23)18-12-15(4)21-19-8-5-14(3)11-17(18)19/h5,8,11-13,16H,6-7,9-10H2,1-4H3. The minimum absolute atomic E-state index is 0.175. The highest BCUT2D eigenvalue weighted by molar-refractivity contribution is 6.06. The number of benzene rings is 1. The number of hydrogen-bond acceptors (Lipinski definition) is 2. The van der Waals surface area contributed by atoms with Gasteiger partial charge in [-0.1, -0.05) is 25.5 Å². The molecule has 0 spiro atoms. The smallest absolute Gasteiger partial charge is 0.254 e. The first-order chi connectivity index (χ1) is 11.0. The molecule has 23 heavy (non-hydrogen) atoms. The first kappa shape index (κ1) is 16.0. The zero-order valence-electron chi connectivity index (χ0n) is 14.6. The second-order valence-electron chi connectivity index (χ2n) is 7.24. The second-order valence-corrected chi connectivity index (χ2v) is 7.24. The summed E-state index contributed by atoms with van der Waals surface area (Å²) < 4.78 is 0. The fraction of sp³-hybridized carbons (Fsp3) is 0.500. The van der Waals surface area contributed by atoms with Gasteiger partial charge in [0.15, 0.2) is 0 Å². The Morgan fingerprint density at radius 2 is 2.00 bits per heavy atom. The van der Waals surface area contributed by atoms with Crippen molar-refractivity contribution in [3.8, 4) is 0 Å². The molecule has 1 aliphatic carbocycles. The third-order valence-corrected chi connectivity index (χ3v) is 4.52. The van der Waals surface area contributed by atoms with Crippen LogP contribution in [0.15, 0.2) is 24.3 Å². The quantitative estimate of drug-likeness (QED) is 0.814. The van der Waals surface area contributed by atoms with Crippen LogP contribution in [-0.4, -0.2) is 28.4 Å². The molecule has 0 aliphatic heterocycles. The summed E-state index contributed by atoms with van der Waals surface area (Å²) >= 11 is 0. The van der Waals surface area contributed by atoms with E-state index in [2.05, 4.69) is 42.8 Å². The van der Waals surface area contributed by atoms with Crippen molar-refractivity contribution in [2.24, 2.45) is 5.92 Å². The van der Waals surface area contributed by atoms with Crippen molar-refractivity contribution < 1.29 is 4.79 Å². The number of carbonyl (C=O) groups excluding carboxylic acids is 1. The highest BCUT2D eigenvalue weighted by atomic mass is 16.2. The van der Waals surface area contributed by atoms with Crippen LogP contribution >= 0.6 is 0 Å². The fourth-order valence-electron chi connectivity index (χ4n) is 3.04. The molecule has 0 radical (unpaired) electrons. The Kier molecular flexibility index (Phi) is 4.38. The highest BCUT2D eigenvalue weighted by Crippen LogP contribution is 2.30. The van der Waals surface area contributed by atoms with Gasteiger partial charge >= 0.3 is 0 Å². The molecule has 0 bridgehead atoms. The lowest BCUT2D eigenvalue weighted by atomic mass is 10.0. The molecular weight excluding hydrogens is 284 g/mol. The van der Waals surface area contributed by atoms with Crippen LogP contribution in [-0.2, 0) is 0 Å². The van der Waals surface area contributed by atoms with Crippen molar-refractivity contribution in [2.45, 2.75) is 53.0 Å². The minimum Gasteiger partial charge on any atom is -0.336 e. The number of aryl methyl sites for hydroxylation is 2. The van der Waals surface area contributed by atoms with E-state index in [1.807, 2.05) is 19.1 Å². The van der Waals surface area contributed by atoms with Crippen molar-refractivity contribution in [3.05, 3.63) is 41.1 Å². The average Bonchev–Trinajstić information content (AvgIpc) is 3.31. The third kappa shape index (κ3) is 3.54. The lowest BCUT2D eigenvalue weighted by Crippen LogP contribution is -2.34. The maximum atomic E-state index is 13.2. The van der Waals surface area contributed by atoms with Gasteiger partial charge in [-0.15, -0.1) is 0 Å². The number of carbonyl (C=O) groups is 1. The zero-order valence-corrected chi connectivity index (χ0v) is 14.6. The molecule has 1 aromatic carbocycles. The van der Waals surface area contributed by atoms with E-state index in [1.165, 1.54) is 0 Å². The lowest BCUT2D eigenvalue weighted by Gasteiger charge is -2.24. The topological polar surface area (TPSA) is 33.2 Å². The summed E-state index contributed by atoms with van der Waals surface area (Å²) in [6, 6.07) is 8.55. The van der Waals surface area contributed by atoms with Crippen LogP contribution in [0, 0.1) is 19.8 Å². The molecule has 2 aromatic rings. The predicted octanol–water partition coefficient (Wildman–Crippen LogP) is 4.50. The van der Waals surface area contributed by atoms with E-state index in [0.29, 0.717) is 12.0 Å². The molecule has 3 rings (SSSR count). The van der Waals surface area contributed by atoms with Gasteiger partial charge in [0.2, 0.25) is 0 Å². The Hall–Kier alpha value is -1.90. The molecule has 3 heteroatoms. The molecule has 0 N–H and O–H groups in total. The summed E-state index contributed by atoms with van der Waals surface area (Å²) in [4.78, 5) is 19.9. The first-order valence-corrected chi connectivity index (χ1v) is 8.64. The number of amides is 1. The molecule has 0 unspecified atom stereocenters. The molecule has 1 fully saturated rings. The summed E-state index contributed by atoms with van der Waals surface area (Å²) in [7, 11) is 0. The van der Waals surface area contributed by atoms with Crippen molar-refractivity contribution >= 4 is 16.8 Å². The normalized spacial score (nSPS) is 14.5. The van der Waals surface area contributed by atoms with E-state index in [0.717, 1.165) is 53.5 Å². The monoisotopic (exact) mass is 310 g/mol. The Balaban J connectivity index is 1.99. The van der Waals surface area contributed by atoms with Gasteiger partial charge in [0.1, 0.15) is 0 Å². The number of pyridine rings is 1. The molecule has 1 aliphatic rings. The maximum absolute atomic E-state index is 13.2. The Morgan fingerprint density at radius 1 is 1.26 bits per heavy atom. The van der Waals surface area contributed by atoms with Crippen LogP contribution in [0.25, 0.3) is 10.9 Å². The van der Waals surface area contributed by atoms with Crippen LogP contribution < -0.4 is 0 Å². The van der Waals surface area contributed by atoms with Crippen LogP contribution in [0.1, 0.15) is 54.7 Å². The van der Waals surface area contributed by atoms with Crippen molar-refractivity contribution in [3.63, 3.8) is 0 Å². The van der Waals surface area contributed by atoms with Gasteiger partial charge in [-0.2, -0.15) is 0 Å². The molecule has 1 saturated carbocycles. The SMILES string of the molecule is Cc1ccc2nc(C)cc(C(=O)N(CCC(C)C)C3CC3)c2c1. The molecule has 1 heterocycles. The summed E-state index contributed by atoms with van der Waals surface area (Å²) in [5, 5.41) is 0.982. The zero-order chi connectivity index (χ0) is 16.6. The predicted molar refractivity (Wildman–Crippen MR) is 94.7 cm³/mol. The van der Waals surface area contributed by atoms with Crippen LogP contribution in [0.2, 0.25) is 0 Å². The number of nitrogens with zero attached hydrogens (tertiary/aromatic N) is 2. The second kappa shape index (κ2) is 6.31. The van der Waals surface area contributed by atoms with E-state index >= 15 is 0 Å². The van der Waals surface area contributed by atoms with Crippen molar-refractivity contribution in [2.75, 3.05) is 6.54 Å². The molecule has 1 amide bonds. The van der Waals surface area contributed by atoms with E-state index < -0.39 is 0 Å². The largest absolute Gasteiger partial charge is 0.336 e. The van der Waals surface area contributed by atoms with Gasteiger partial charge in [0, 0.05) is 23.7 Å². The molecular formula is C20H26N2O. The molecule has 122 valence electrons. The highest BCUT2D eigenvalue weighted by Gasteiger charge is 2.33. The van der Waals surface area contributed by atoms with Crippen molar-refractivity contribution in [1.82, 2.24) is 9.88 Å². The molecule has 0 atom stereocenters.